The minimum atomic E-state index is -0.252. The van der Waals surface area contributed by atoms with Gasteiger partial charge in [-0.25, -0.2) is 4.39 Å². The number of rotatable bonds is 4. The Kier molecular flexibility index (Phi) is 3.79. The Morgan fingerprint density at radius 2 is 2.21 bits per heavy atom. The third kappa shape index (κ3) is 2.57. The van der Waals surface area contributed by atoms with Crippen molar-refractivity contribution in [1.29, 1.82) is 0 Å². The van der Waals surface area contributed by atoms with Gasteiger partial charge in [-0.05, 0) is 44.0 Å². The summed E-state index contributed by atoms with van der Waals surface area (Å²) < 4.78 is 15.1. The highest BCUT2D eigenvalue weighted by Crippen LogP contribution is 2.24. The van der Waals surface area contributed by atoms with Gasteiger partial charge in [0.05, 0.1) is 5.56 Å². The number of aromatic nitrogens is 2. The lowest BCUT2D eigenvalue weighted by Crippen LogP contribution is -2.04. The summed E-state index contributed by atoms with van der Waals surface area (Å²) in [5.74, 6) is -0.252. The van der Waals surface area contributed by atoms with Gasteiger partial charge >= 0.3 is 0 Å². The zero-order valence-electron chi connectivity index (χ0n) is 11.4. The van der Waals surface area contributed by atoms with E-state index in [1.165, 1.54) is 6.07 Å². The van der Waals surface area contributed by atoms with Crippen LogP contribution in [0, 0.1) is 12.7 Å². The van der Waals surface area contributed by atoms with Crippen LogP contribution in [0.15, 0.2) is 24.4 Å². The molecule has 0 spiro atoms. The number of nitrogens with zero attached hydrogens (tertiary/aromatic N) is 2. The van der Waals surface area contributed by atoms with Gasteiger partial charge in [0.2, 0.25) is 0 Å². The van der Waals surface area contributed by atoms with Crippen molar-refractivity contribution in [3.8, 4) is 11.3 Å². The van der Waals surface area contributed by atoms with Crippen LogP contribution >= 0.6 is 0 Å². The number of carbonyl (C=O) groups is 1. The molecule has 1 heterocycles. The third-order valence-corrected chi connectivity index (χ3v) is 3.36. The fourth-order valence-corrected chi connectivity index (χ4v) is 1.92. The van der Waals surface area contributed by atoms with Crippen LogP contribution in [-0.4, -0.2) is 16.1 Å². The molecular weight excluding hydrogens is 243 g/mol. The molecule has 0 radical (unpaired) electrons. The van der Waals surface area contributed by atoms with E-state index >= 15 is 0 Å². The molecule has 0 saturated carbocycles. The summed E-state index contributed by atoms with van der Waals surface area (Å²) in [5.41, 5.74) is 2.46. The third-order valence-electron chi connectivity index (χ3n) is 3.36. The number of hydrogen-bond acceptors (Lipinski definition) is 2. The van der Waals surface area contributed by atoms with Crippen LogP contribution in [0.3, 0.4) is 0 Å². The molecule has 0 saturated heterocycles. The van der Waals surface area contributed by atoms with Crippen molar-refractivity contribution < 1.29 is 9.18 Å². The van der Waals surface area contributed by atoms with Gasteiger partial charge in [0, 0.05) is 17.8 Å². The second kappa shape index (κ2) is 5.34. The van der Waals surface area contributed by atoms with E-state index in [2.05, 4.69) is 12.0 Å². The Hall–Kier alpha value is -1.97. The first kappa shape index (κ1) is 13.5. The van der Waals surface area contributed by atoms with E-state index in [-0.39, 0.29) is 11.9 Å². The van der Waals surface area contributed by atoms with E-state index in [0.717, 1.165) is 18.3 Å². The maximum atomic E-state index is 13.3. The van der Waals surface area contributed by atoms with Crippen molar-refractivity contribution in [3.63, 3.8) is 0 Å². The maximum absolute atomic E-state index is 13.3. The van der Waals surface area contributed by atoms with Gasteiger partial charge in [-0.15, -0.1) is 0 Å². The molecule has 0 N–H and O–H groups in total. The van der Waals surface area contributed by atoms with Crippen LogP contribution in [-0.2, 0) is 0 Å². The zero-order chi connectivity index (χ0) is 14.0. The fraction of sp³-hybridized carbons (Fsp3) is 0.333. The lowest BCUT2D eigenvalue weighted by atomic mass is 10.1. The molecule has 1 aromatic heterocycles. The summed E-state index contributed by atoms with van der Waals surface area (Å²) in [4.78, 5) is 11.1. The van der Waals surface area contributed by atoms with Gasteiger partial charge in [-0.1, -0.05) is 6.92 Å². The van der Waals surface area contributed by atoms with Gasteiger partial charge in [0.25, 0.3) is 0 Å². The largest absolute Gasteiger partial charge is 0.298 e. The number of carbonyl (C=O) groups excluding carboxylic acids is 1. The monoisotopic (exact) mass is 260 g/mol. The lowest BCUT2D eigenvalue weighted by molar-refractivity contribution is 0.112. The van der Waals surface area contributed by atoms with E-state index in [1.807, 2.05) is 6.92 Å². The summed E-state index contributed by atoms with van der Waals surface area (Å²) in [7, 11) is 0. The number of halogens is 1. The highest BCUT2D eigenvalue weighted by molar-refractivity contribution is 5.85. The number of aldehydes is 1. The molecule has 0 aliphatic carbocycles. The van der Waals surface area contributed by atoms with Crippen molar-refractivity contribution in [3.05, 3.63) is 41.3 Å². The Labute approximate surface area is 112 Å². The first-order valence-electron chi connectivity index (χ1n) is 6.37. The van der Waals surface area contributed by atoms with Crippen molar-refractivity contribution >= 4 is 6.29 Å². The van der Waals surface area contributed by atoms with Crippen molar-refractivity contribution in [2.45, 2.75) is 33.2 Å². The lowest BCUT2D eigenvalue weighted by Gasteiger charge is -2.08. The highest BCUT2D eigenvalue weighted by Gasteiger charge is 2.14. The van der Waals surface area contributed by atoms with Crippen molar-refractivity contribution in [2.75, 3.05) is 0 Å². The Morgan fingerprint density at radius 3 is 2.79 bits per heavy atom. The van der Waals surface area contributed by atoms with Gasteiger partial charge in [-0.3, -0.25) is 9.48 Å². The van der Waals surface area contributed by atoms with Crippen LogP contribution in [0.2, 0.25) is 0 Å². The number of benzene rings is 1. The minimum Gasteiger partial charge on any atom is -0.298 e. The van der Waals surface area contributed by atoms with Crippen LogP contribution < -0.4 is 0 Å². The molecule has 2 aromatic rings. The smallest absolute Gasteiger partial charge is 0.153 e. The average molecular weight is 260 g/mol. The molecule has 1 aromatic carbocycles. The molecule has 0 fully saturated rings. The SMILES string of the molecule is CCC(C)n1cc(C=O)c(-c2ccc(F)c(C)c2)n1. The second-order valence-corrected chi connectivity index (χ2v) is 4.75. The first-order chi connectivity index (χ1) is 9.06. The number of hydrogen-bond donors (Lipinski definition) is 0. The molecular formula is C15H17FN2O. The second-order valence-electron chi connectivity index (χ2n) is 4.75. The topological polar surface area (TPSA) is 34.9 Å². The maximum Gasteiger partial charge on any atom is 0.153 e. The molecule has 2 rings (SSSR count). The van der Waals surface area contributed by atoms with Crippen LogP contribution in [0.25, 0.3) is 11.3 Å². The Morgan fingerprint density at radius 1 is 1.47 bits per heavy atom. The molecule has 100 valence electrons. The summed E-state index contributed by atoms with van der Waals surface area (Å²) in [6.45, 7) is 5.81. The quantitative estimate of drug-likeness (QED) is 0.784. The van der Waals surface area contributed by atoms with Crippen molar-refractivity contribution in [2.24, 2.45) is 0 Å². The van der Waals surface area contributed by atoms with E-state index in [1.54, 1.807) is 29.9 Å². The summed E-state index contributed by atoms with van der Waals surface area (Å²) in [6.07, 6.45) is 3.47. The van der Waals surface area contributed by atoms with Crippen LogP contribution in [0.5, 0.6) is 0 Å². The standard InChI is InChI=1S/C15H17FN2O/c1-4-11(3)18-8-13(9-19)15(17-18)12-5-6-14(16)10(2)7-12/h5-9,11H,4H2,1-3H3. The van der Waals surface area contributed by atoms with E-state index in [9.17, 15) is 9.18 Å². The molecule has 3 nitrogen and oxygen atoms in total. The fourth-order valence-electron chi connectivity index (χ4n) is 1.92. The summed E-state index contributed by atoms with van der Waals surface area (Å²) >= 11 is 0. The molecule has 0 amide bonds. The van der Waals surface area contributed by atoms with E-state index in [4.69, 9.17) is 0 Å². The summed E-state index contributed by atoms with van der Waals surface area (Å²) in [5, 5.41) is 4.46. The van der Waals surface area contributed by atoms with Crippen molar-refractivity contribution in [1.82, 2.24) is 9.78 Å². The van der Waals surface area contributed by atoms with Gasteiger partial charge in [0.15, 0.2) is 6.29 Å². The predicted octanol–water partition coefficient (Wildman–Crippen LogP) is 3.78. The molecule has 0 aliphatic rings. The minimum absolute atomic E-state index is 0.231. The Bertz CT molecular complexity index is 604. The molecule has 1 atom stereocenters. The van der Waals surface area contributed by atoms with Gasteiger partial charge in [-0.2, -0.15) is 5.10 Å². The Balaban J connectivity index is 2.51. The van der Waals surface area contributed by atoms with Crippen LogP contribution in [0.1, 0.15) is 42.2 Å². The van der Waals surface area contributed by atoms with Gasteiger partial charge in [0.1, 0.15) is 11.5 Å². The highest BCUT2D eigenvalue weighted by atomic mass is 19.1. The first-order valence-corrected chi connectivity index (χ1v) is 6.37. The molecule has 0 aliphatic heterocycles. The predicted molar refractivity (Wildman–Crippen MR) is 72.7 cm³/mol. The zero-order valence-corrected chi connectivity index (χ0v) is 11.4. The van der Waals surface area contributed by atoms with E-state index in [0.29, 0.717) is 16.8 Å². The normalized spacial score (nSPS) is 12.4. The average Bonchev–Trinajstić information content (AvgIpc) is 2.85. The molecule has 4 heteroatoms. The molecule has 0 bridgehead atoms. The summed E-state index contributed by atoms with van der Waals surface area (Å²) in [6, 6.07) is 5.00. The van der Waals surface area contributed by atoms with E-state index < -0.39 is 0 Å². The molecule has 1 unspecified atom stereocenters. The van der Waals surface area contributed by atoms with Crippen LogP contribution in [0.4, 0.5) is 4.39 Å². The molecule has 19 heavy (non-hydrogen) atoms. The number of aryl methyl sites for hydroxylation is 1. The van der Waals surface area contributed by atoms with Gasteiger partial charge < -0.3 is 0 Å².